The molecule has 1 aromatic heterocycles. The van der Waals surface area contributed by atoms with Crippen molar-refractivity contribution in [1.29, 1.82) is 0 Å². The molecular formula is C27H33N3O8S2. The number of rotatable bonds is 13. The number of carbonyl (C=O) groups is 1. The smallest absolute Gasteiger partial charge is 0.404 e. The molecule has 1 amide bonds. The Bertz CT molecular complexity index is 1500. The highest BCUT2D eigenvalue weighted by Crippen LogP contribution is 2.35. The second kappa shape index (κ2) is 12.9. The lowest BCUT2D eigenvalue weighted by atomic mass is 10.0. The van der Waals surface area contributed by atoms with Crippen molar-refractivity contribution in [3.8, 4) is 17.2 Å². The number of aryl methyl sites for hydroxylation is 1. The summed E-state index contributed by atoms with van der Waals surface area (Å²) < 4.78 is 61.6. The van der Waals surface area contributed by atoms with Gasteiger partial charge in [-0.1, -0.05) is 26.0 Å². The summed E-state index contributed by atoms with van der Waals surface area (Å²) in [5.41, 5.74) is 1.44. The van der Waals surface area contributed by atoms with E-state index in [9.17, 15) is 23.4 Å². The van der Waals surface area contributed by atoms with Crippen molar-refractivity contribution in [2.45, 2.75) is 50.8 Å². The minimum atomic E-state index is -4.52. The zero-order chi connectivity index (χ0) is 30.7. The maximum Gasteiger partial charge on any atom is 0.404 e. The second-order valence-electron chi connectivity index (χ2n) is 9.45. The first-order valence-corrected chi connectivity index (χ1v) is 14.8. The molecule has 0 spiro atoms. The van der Waals surface area contributed by atoms with Gasteiger partial charge in [0, 0.05) is 27.2 Å². The molecule has 0 saturated carbocycles. The number of carboxylic acid groups (broad SMARTS) is 1. The fraction of sp³-hybridized carbons (Fsp3) is 0.407. The zero-order valence-corrected chi connectivity index (χ0v) is 23.9. The number of hydrogen-bond acceptors (Lipinski definition) is 9. The predicted octanol–water partition coefficient (Wildman–Crippen LogP) is 3.65. The van der Waals surface area contributed by atoms with E-state index in [1.807, 2.05) is 12.3 Å². The molecule has 2 aromatic carbocycles. The van der Waals surface area contributed by atoms with Crippen LogP contribution in [0.2, 0.25) is 0 Å². The van der Waals surface area contributed by atoms with E-state index in [0.29, 0.717) is 21.4 Å². The van der Waals surface area contributed by atoms with Crippen molar-refractivity contribution in [2.24, 2.45) is 5.92 Å². The number of aromatic nitrogens is 1. The summed E-state index contributed by atoms with van der Waals surface area (Å²) >= 11 is 1.52. The van der Waals surface area contributed by atoms with Gasteiger partial charge in [-0.15, -0.1) is 11.3 Å². The van der Waals surface area contributed by atoms with Crippen LogP contribution in [0.3, 0.4) is 0 Å². The second-order valence-corrected chi connectivity index (χ2v) is 12.4. The Morgan fingerprint density at radius 1 is 1.23 bits per heavy atom. The molecule has 11 nitrogen and oxygen atoms in total. The first-order valence-electron chi connectivity index (χ1n) is 13.5. The number of amides is 1. The minimum absolute atomic E-state index is 0.00160. The third kappa shape index (κ3) is 7.62. The topological polar surface area (TPSA) is 148 Å². The number of aliphatic hydroxyl groups is 1. The molecule has 0 saturated heterocycles. The van der Waals surface area contributed by atoms with E-state index in [-0.39, 0.29) is 30.5 Å². The maximum atomic E-state index is 13.7. The lowest BCUT2D eigenvalue weighted by Crippen LogP contribution is -2.50. The number of nitrogens with one attached hydrogen (secondary N) is 1. The molecular weight excluding hydrogens is 558 g/mol. The number of nitrogens with zero attached hydrogens (tertiary/aromatic N) is 2. The molecule has 3 aromatic rings. The van der Waals surface area contributed by atoms with E-state index >= 15 is 0 Å². The van der Waals surface area contributed by atoms with Crippen molar-refractivity contribution in [1.82, 2.24) is 14.6 Å². The number of thiazole rings is 1. The number of benzene rings is 2. The summed E-state index contributed by atoms with van der Waals surface area (Å²) in [6.45, 7) is 2.00. The van der Waals surface area contributed by atoms with Crippen LogP contribution in [-0.2, 0) is 23.1 Å². The summed E-state index contributed by atoms with van der Waals surface area (Å²) in [7, 11) is -4.52. The Morgan fingerprint density at radius 2 is 1.95 bits per heavy atom. The average molecular weight is 594 g/mol. The van der Waals surface area contributed by atoms with Crippen molar-refractivity contribution < 1.29 is 40.4 Å². The van der Waals surface area contributed by atoms with Gasteiger partial charge in [-0.3, -0.25) is 0 Å². The van der Waals surface area contributed by atoms with Gasteiger partial charge in [0.2, 0.25) is 16.8 Å². The lowest BCUT2D eigenvalue weighted by molar-refractivity contribution is 0.0980. The van der Waals surface area contributed by atoms with Gasteiger partial charge in [0.1, 0.15) is 12.4 Å². The van der Waals surface area contributed by atoms with E-state index < -0.39 is 47.2 Å². The molecule has 40 heavy (non-hydrogen) atoms. The Labute approximate surface area is 240 Å². The number of fused-ring (bicyclic) bond motifs is 1. The molecule has 13 heteroatoms. The van der Waals surface area contributed by atoms with Crippen LogP contribution in [0, 0.1) is 12.8 Å². The van der Waals surface area contributed by atoms with Crippen LogP contribution in [0.5, 0.6) is 17.2 Å². The van der Waals surface area contributed by atoms with Gasteiger partial charge in [0.05, 0.1) is 27.7 Å². The summed E-state index contributed by atoms with van der Waals surface area (Å²) in [4.78, 5) is 15.7. The zero-order valence-electron chi connectivity index (χ0n) is 24.2. The molecule has 0 aliphatic carbocycles. The van der Waals surface area contributed by atoms with Crippen LogP contribution < -0.4 is 19.5 Å². The molecule has 4 rings (SSSR count). The van der Waals surface area contributed by atoms with Gasteiger partial charge in [0.25, 0.3) is 0 Å². The van der Waals surface area contributed by atoms with Crippen LogP contribution in [0.25, 0.3) is 0 Å². The summed E-state index contributed by atoms with van der Waals surface area (Å²) in [6.07, 6.45) is -3.03. The van der Waals surface area contributed by atoms with Gasteiger partial charge in [-0.05, 0) is 49.1 Å². The highest BCUT2D eigenvalue weighted by Gasteiger charge is 2.32. The number of ether oxygens (including phenoxy) is 3. The van der Waals surface area contributed by atoms with E-state index in [2.05, 4.69) is 10.3 Å². The van der Waals surface area contributed by atoms with Gasteiger partial charge in [-0.25, -0.2) is 18.2 Å². The third-order valence-electron chi connectivity index (χ3n) is 5.89. The highest BCUT2D eigenvalue weighted by molar-refractivity contribution is 7.89. The normalized spacial score (nSPS) is 15.4. The van der Waals surface area contributed by atoms with E-state index in [4.69, 9.17) is 17.0 Å². The molecule has 1 aliphatic rings. The van der Waals surface area contributed by atoms with Crippen LogP contribution in [0.4, 0.5) is 4.79 Å². The molecule has 0 bridgehead atoms. The number of sulfonamides is 1. The molecule has 216 valence electrons. The Balaban J connectivity index is 1.53. The first-order chi connectivity index (χ1) is 19.8. The van der Waals surface area contributed by atoms with E-state index in [1.165, 1.54) is 43.4 Å². The summed E-state index contributed by atoms with van der Waals surface area (Å²) in [5.74, 6) is 0.313. The van der Waals surface area contributed by atoms with Crippen LogP contribution in [0.15, 0.2) is 52.7 Å². The highest BCUT2D eigenvalue weighted by atomic mass is 32.2. The first kappa shape index (κ1) is 26.8. The van der Waals surface area contributed by atoms with Crippen molar-refractivity contribution >= 4 is 27.5 Å². The molecule has 0 radical (unpaired) electrons. The van der Waals surface area contributed by atoms with Gasteiger partial charge in [0.15, 0.2) is 11.5 Å². The molecule has 0 fully saturated rings. The Morgan fingerprint density at radius 3 is 2.60 bits per heavy atom. The van der Waals surface area contributed by atoms with Crippen LogP contribution >= 0.6 is 11.3 Å². The fourth-order valence-electron chi connectivity index (χ4n) is 4.02. The largest absolute Gasteiger partial charge is 0.487 e. The molecule has 2 atom stereocenters. The van der Waals surface area contributed by atoms with Crippen LogP contribution in [0.1, 0.15) is 32.9 Å². The summed E-state index contributed by atoms with van der Waals surface area (Å²) in [6, 6.07) is 9.57. The van der Waals surface area contributed by atoms with Crippen molar-refractivity contribution in [3.63, 3.8) is 0 Å². The third-order valence-corrected chi connectivity index (χ3v) is 8.40. The van der Waals surface area contributed by atoms with E-state index in [0.717, 1.165) is 10.7 Å². The molecule has 1 aliphatic heterocycles. The molecule has 3 N–H and O–H groups in total. The van der Waals surface area contributed by atoms with E-state index in [1.54, 1.807) is 24.3 Å². The van der Waals surface area contributed by atoms with Gasteiger partial charge >= 0.3 is 6.09 Å². The quantitative estimate of drug-likeness (QED) is 0.270. The lowest BCUT2D eigenvalue weighted by Gasteiger charge is -2.30. The summed E-state index contributed by atoms with van der Waals surface area (Å²) in [5, 5.41) is 25.8. The Kier molecular flexibility index (Phi) is 8.62. The van der Waals surface area contributed by atoms with Gasteiger partial charge in [-0.2, -0.15) is 4.31 Å². The SMILES string of the molecule is [2H]C([2H])(C(C)C)N(C[C@@H](O)[C@H](Cc1ccc(OCc2csc(C)n2)cc1)NC(=O)O)S(=O)(=O)c1ccc2c(c1)OCO2. The minimum Gasteiger partial charge on any atom is -0.487 e. The number of hydrogen-bond donors (Lipinski definition) is 3. The van der Waals surface area contributed by atoms with Crippen LogP contribution in [-0.4, -0.2) is 66.0 Å². The van der Waals surface area contributed by atoms with Gasteiger partial charge < -0.3 is 29.7 Å². The average Bonchev–Trinajstić information content (AvgIpc) is 3.58. The molecule has 0 unspecified atom stereocenters. The molecule has 2 heterocycles. The number of aliphatic hydroxyl groups excluding tert-OH is 1. The predicted molar refractivity (Wildman–Crippen MR) is 148 cm³/mol. The maximum absolute atomic E-state index is 13.7. The Hall–Kier alpha value is -3.39. The monoisotopic (exact) mass is 593 g/mol. The van der Waals surface area contributed by atoms with Crippen molar-refractivity contribution in [2.75, 3.05) is 19.8 Å². The fourth-order valence-corrected chi connectivity index (χ4v) is 6.07. The standard InChI is InChI=1S/C27H33N3O8S2/c1-17(2)12-30(40(34,35)22-8-9-25-26(11-22)38-16-37-25)13-24(31)23(29-27(32)33)10-19-4-6-21(7-5-19)36-14-20-15-39-18(3)28-20/h4-9,11,15,17,23-24,29,31H,10,12-14,16H2,1-3H3,(H,32,33)/t23-,24+/m0/s1/i12D2. The van der Waals surface area contributed by atoms with Crippen molar-refractivity contribution in [3.05, 3.63) is 64.1 Å².